The molecule has 0 aliphatic heterocycles. The highest BCUT2D eigenvalue weighted by molar-refractivity contribution is 5.84. The lowest BCUT2D eigenvalue weighted by Crippen LogP contribution is -2.43. The monoisotopic (exact) mass is 436 g/mol. The number of hydrogen-bond donors (Lipinski definition) is 0. The third-order valence-electron chi connectivity index (χ3n) is 6.16. The number of carbonyl (C=O) groups is 2. The van der Waals surface area contributed by atoms with E-state index in [1.807, 2.05) is 88.4 Å². The summed E-state index contributed by atoms with van der Waals surface area (Å²) >= 11 is 0. The van der Waals surface area contributed by atoms with Crippen LogP contribution in [0.15, 0.2) is 60.7 Å². The van der Waals surface area contributed by atoms with E-state index in [0.717, 1.165) is 24.0 Å². The molecule has 32 heavy (non-hydrogen) atoms. The Morgan fingerprint density at radius 3 is 1.34 bits per heavy atom. The first kappa shape index (κ1) is 24.0. The zero-order valence-electron chi connectivity index (χ0n) is 19.7. The standard InChI is InChI=1S/C28H36O4/c1-19(2)17-31-27(29)25-23(21-11-7-5-8-12-21)15-16-24(22-13-9-6-10-14-22)26(25)28(30)32-18-20(3)4/h5-14,19-20,23-26H,15-18H2,1-4H3. The van der Waals surface area contributed by atoms with Crippen LogP contribution in [0.4, 0.5) is 0 Å². The van der Waals surface area contributed by atoms with Gasteiger partial charge >= 0.3 is 11.9 Å². The number of benzene rings is 2. The van der Waals surface area contributed by atoms with Crippen LogP contribution in [0.1, 0.15) is 63.5 Å². The number of carbonyl (C=O) groups excluding carboxylic acids is 2. The SMILES string of the molecule is CC(C)COC(=O)C1C(c2ccccc2)CCC(c2ccccc2)C1C(=O)OCC(C)C. The third kappa shape index (κ3) is 5.99. The molecular formula is C28H36O4. The smallest absolute Gasteiger partial charge is 0.310 e. The Bertz CT molecular complexity index is 786. The molecule has 0 radical (unpaired) electrons. The predicted molar refractivity (Wildman–Crippen MR) is 126 cm³/mol. The molecule has 4 unspecified atom stereocenters. The van der Waals surface area contributed by atoms with Gasteiger partial charge in [0.2, 0.25) is 0 Å². The van der Waals surface area contributed by atoms with Crippen molar-refractivity contribution < 1.29 is 19.1 Å². The Kier molecular flexibility index (Phi) is 8.49. The van der Waals surface area contributed by atoms with E-state index >= 15 is 0 Å². The maximum Gasteiger partial charge on any atom is 0.310 e. The first-order valence-corrected chi connectivity index (χ1v) is 11.8. The molecule has 2 aromatic carbocycles. The van der Waals surface area contributed by atoms with Crippen LogP contribution >= 0.6 is 0 Å². The number of rotatable bonds is 8. The Morgan fingerprint density at radius 2 is 1.03 bits per heavy atom. The van der Waals surface area contributed by atoms with Crippen LogP contribution in [0.3, 0.4) is 0 Å². The zero-order valence-corrected chi connectivity index (χ0v) is 19.7. The molecular weight excluding hydrogens is 400 g/mol. The molecule has 0 N–H and O–H groups in total. The fourth-order valence-electron chi connectivity index (χ4n) is 4.68. The average Bonchev–Trinajstić information content (AvgIpc) is 2.81. The van der Waals surface area contributed by atoms with Crippen molar-refractivity contribution in [3.05, 3.63) is 71.8 Å². The van der Waals surface area contributed by atoms with Crippen molar-refractivity contribution in [2.75, 3.05) is 13.2 Å². The molecule has 0 amide bonds. The maximum absolute atomic E-state index is 13.5. The molecule has 0 spiro atoms. The molecule has 0 heterocycles. The lowest BCUT2D eigenvalue weighted by atomic mass is 9.63. The van der Waals surface area contributed by atoms with Gasteiger partial charge in [-0.15, -0.1) is 0 Å². The second-order valence-electron chi connectivity index (χ2n) is 9.71. The zero-order chi connectivity index (χ0) is 23.1. The van der Waals surface area contributed by atoms with Crippen molar-refractivity contribution in [2.24, 2.45) is 23.7 Å². The van der Waals surface area contributed by atoms with E-state index in [4.69, 9.17) is 9.47 Å². The molecule has 172 valence electrons. The fraction of sp³-hybridized carbons (Fsp3) is 0.500. The van der Waals surface area contributed by atoms with E-state index in [0.29, 0.717) is 13.2 Å². The van der Waals surface area contributed by atoms with E-state index < -0.39 is 11.8 Å². The summed E-state index contributed by atoms with van der Waals surface area (Å²) in [6, 6.07) is 20.1. The van der Waals surface area contributed by atoms with E-state index in [-0.39, 0.29) is 35.6 Å². The topological polar surface area (TPSA) is 52.6 Å². The molecule has 1 fully saturated rings. The number of hydrogen-bond acceptors (Lipinski definition) is 4. The van der Waals surface area contributed by atoms with Crippen molar-refractivity contribution >= 4 is 11.9 Å². The minimum Gasteiger partial charge on any atom is -0.465 e. The minimum atomic E-state index is -0.574. The van der Waals surface area contributed by atoms with Crippen molar-refractivity contribution in [2.45, 2.75) is 52.4 Å². The van der Waals surface area contributed by atoms with Gasteiger partial charge in [0.1, 0.15) is 0 Å². The highest BCUT2D eigenvalue weighted by Crippen LogP contribution is 2.49. The Balaban J connectivity index is 2.02. The molecule has 4 nitrogen and oxygen atoms in total. The van der Waals surface area contributed by atoms with E-state index in [1.54, 1.807) is 0 Å². The van der Waals surface area contributed by atoms with E-state index in [2.05, 4.69) is 0 Å². The molecule has 0 bridgehead atoms. The van der Waals surface area contributed by atoms with Crippen LogP contribution in [-0.2, 0) is 19.1 Å². The minimum absolute atomic E-state index is 0.0765. The van der Waals surface area contributed by atoms with Gasteiger partial charge in [-0.2, -0.15) is 0 Å². The van der Waals surface area contributed by atoms with Gasteiger partial charge in [0.15, 0.2) is 0 Å². The average molecular weight is 437 g/mol. The summed E-state index contributed by atoms with van der Waals surface area (Å²) in [4.78, 5) is 27.0. The van der Waals surface area contributed by atoms with Crippen molar-refractivity contribution in [1.29, 1.82) is 0 Å². The molecule has 4 atom stereocenters. The van der Waals surface area contributed by atoms with Crippen molar-refractivity contribution in [3.63, 3.8) is 0 Å². The van der Waals surface area contributed by atoms with E-state index in [1.165, 1.54) is 0 Å². The summed E-state index contributed by atoms with van der Waals surface area (Å²) in [5, 5.41) is 0. The first-order valence-electron chi connectivity index (χ1n) is 11.8. The van der Waals surface area contributed by atoms with Gasteiger partial charge in [0, 0.05) is 0 Å². The highest BCUT2D eigenvalue weighted by atomic mass is 16.5. The number of esters is 2. The summed E-state index contributed by atoms with van der Waals surface area (Å²) in [6.07, 6.45) is 1.64. The molecule has 0 aromatic heterocycles. The van der Waals surface area contributed by atoms with Gasteiger partial charge in [0.05, 0.1) is 25.0 Å². The number of ether oxygens (including phenoxy) is 2. The predicted octanol–water partition coefficient (Wildman–Crippen LogP) is 5.98. The fourth-order valence-corrected chi connectivity index (χ4v) is 4.68. The van der Waals surface area contributed by atoms with Crippen LogP contribution in [0.5, 0.6) is 0 Å². The lowest BCUT2D eigenvalue weighted by Gasteiger charge is -2.41. The maximum atomic E-state index is 13.5. The summed E-state index contributed by atoms with van der Waals surface area (Å²) in [7, 11) is 0. The Labute approximate surface area is 192 Å². The van der Waals surface area contributed by atoms with Crippen LogP contribution < -0.4 is 0 Å². The van der Waals surface area contributed by atoms with Crippen molar-refractivity contribution in [1.82, 2.24) is 0 Å². The van der Waals surface area contributed by atoms with Crippen LogP contribution in [0, 0.1) is 23.7 Å². The molecule has 1 aliphatic rings. The summed E-state index contributed by atoms with van der Waals surface area (Å²) in [5.41, 5.74) is 2.15. The molecule has 0 saturated heterocycles. The molecule has 3 rings (SSSR count). The second kappa shape index (κ2) is 11.3. The Hall–Kier alpha value is -2.62. The van der Waals surface area contributed by atoms with Crippen molar-refractivity contribution in [3.8, 4) is 0 Å². The van der Waals surface area contributed by atoms with E-state index in [9.17, 15) is 9.59 Å². The molecule has 2 aromatic rings. The van der Waals surface area contributed by atoms with Crippen LogP contribution in [0.2, 0.25) is 0 Å². The first-order chi connectivity index (χ1) is 15.4. The molecule has 4 heteroatoms. The van der Waals surface area contributed by atoms with Gasteiger partial charge in [0.25, 0.3) is 0 Å². The van der Waals surface area contributed by atoms with Gasteiger partial charge in [-0.3, -0.25) is 9.59 Å². The Morgan fingerprint density at radius 1 is 0.688 bits per heavy atom. The largest absolute Gasteiger partial charge is 0.465 e. The quantitative estimate of drug-likeness (QED) is 0.478. The molecule has 1 aliphatic carbocycles. The lowest BCUT2D eigenvalue weighted by molar-refractivity contribution is -0.166. The van der Waals surface area contributed by atoms with Crippen LogP contribution in [0.25, 0.3) is 0 Å². The van der Waals surface area contributed by atoms with Gasteiger partial charge in [-0.25, -0.2) is 0 Å². The second-order valence-corrected chi connectivity index (χ2v) is 9.71. The summed E-state index contributed by atoms with van der Waals surface area (Å²) in [6.45, 7) is 8.77. The van der Waals surface area contributed by atoms with Crippen LogP contribution in [-0.4, -0.2) is 25.2 Å². The summed E-state index contributed by atoms with van der Waals surface area (Å²) < 4.78 is 11.5. The van der Waals surface area contributed by atoms with Gasteiger partial charge < -0.3 is 9.47 Å². The highest BCUT2D eigenvalue weighted by Gasteiger charge is 2.49. The molecule has 1 saturated carbocycles. The van der Waals surface area contributed by atoms with Gasteiger partial charge in [-0.05, 0) is 47.6 Å². The summed E-state index contributed by atoms with van der Waals surface area (Å²) in [5.74, 6) is -1.42. The normalized spacial score (nSPS) is 23.2. The van der Waals surface area contributed by atoms with Gasteiger partial charge in [-0.1, -0.05) is 88.4 Å². The third-order valence-corrected chi connectivity index (χ3v) is 6.16.